The van der Waals surface area contributed by atoms with Crippen LogP contribution in [0.3, 0.4) is 0 Å². The quantitative estimate of drug-likeness (QED) is 0.603. The van der Waals surface area contributed by atoms with Crippen LogP contribution >= 0.6 is 23.2 Å². The maximum absolute atomic E-state index is 12.7. The summed E-state index contributed by atoms with van der Waals surface area (Å²) in [6, 6.07) is 4.87. The first-order valence-corrected chi connectivity index (χ1v) is 12.6. The molecule has 2 fully saturated rings. The third-order valence-electron chi connectivity index (χ3n) is 5.70. The zero-order valence-electron chi connectivity index (χ0n) is 16.6. The van der Waals surface area contributed by atoms with Crippen LogP contribution in [0.5, 0.6) is 0 Å². The number of carbonyl (C=O) groups is 1. The number of halogens is 2. The van der Waals surface area contributed by atoms with Crippen LogP contribution in [0.25, 0.3) is 0 Å². The lowest BCUT2D eigenvalue weighted by Gasteiger charge is -2.30. The number of nitrogens with one attached hydrogen (secondary N) is 1. The summed E-state index contributed by atoms with van der Waals surface area (Å²) in [6.45, 7) is 4.80. The van der Waals surface area contributed by atoms with Crippen LogP contribution in [0.4, 0.5) is 0 Å². The largest absolute Gasteiger partial charge is 0.356 e. The third-order valence-corrected chi connectivity index (χ3v) is 8.29. The van der Waals surface area contributed by atoms with Crippen molar-refractivity contribution in [2.45, 2.75) is 37.9 Å². The van der Waals surface area contributed by atoms with Crippen molar-refractivity contribution in [3.63, 3.8) is 0 Å². The first-order valence-electron chi connectivity index (χ1n) is 10.3. The zero-order chi connectivity index (χ0) is 20.9. The Morgan fingerprint density at radius 1 is 1.07 bits per heavy atom. The molecule has 0 radical (unpaired) electrons. The third kappa shape index (κ3) is 6.56. The number of carbonyl (C=O) groups excluding carboxylic acids is 1. The van der Waals surface area contributed by atoms with Crippen molar-refractivity contribution in [3.05, 3.63) is 33.8 Å². The minimum absolute atomic E-state index is 0.0490. The highest BCUT2D eigenvalue weighted by Crippen LogP contribution is 2.26. The molecule has 1 aromatic carbocycles. The van der Waals surface area contributed by atoms with Gasteiger partial charge in [-0.25, -0.2) is 12.7 Å². The second kappa shape index (κ2) is 10.4. The van der Waals surface area contributed by atoms with Crippen LogP contribution in [-0.4, -0.2) is 62.8 Å². The predicted molar refractivity (Wildman–Crippen MR) is 117 cm³/mol. The molecule has 0 saturated carbocycles. The average molecular weight is 462 g/mol. The molecule has 2 aliphatic heterocycles. The van der Waals surface area contributed by atoms with Gasteiger partial charge in [0.2, 0.25) is 15.9 Å². The normalized spacial score (nSPS) is 19.5. The van der Waals surface area contributed by atoms with Gasteiger partial charge < -0.3 is 10.2 Å². The lowest BCUT2D eigenvalue weighted by molar-refractivity contribution is -0.126. The van der Waals surface area contributed by atoms with E-state index in [2.05, 4.69) is 10.2 Å². The fourth-order valence-corrected chi connectivity index (χ4v) is 5.86. The molecule has 6 nitrogen and oxygen atoms in total. The maximum Gasteiger partial charge on any atom is 0.223 e. The molecule has 9 heteroatoms. The first-order chi connectivity index (χ1) is 13.8. The number of hydrogen-bond donors (Lipinski definition) is 1. The van der Waals surface area contributed by atoms with Crippen LogP contribution in [0, 0.1) is 5.92 Å². The van der Waals surface area contributed by atoms with Crippen molar-refractivity contribution in [2.75, 3.05) is 39.3 Å². The number of rotatable bonds is 8. The van der Waals surface area contributed by atoms with Gasteiger partial charge in [0.1, 0.15) is 0 Å². The van der Waals surface area contributed by atoms with Crippen molar-refractivity contribution >= 4 is 39.1 Å². The monoisotopic (exact) mass is 461 g/mol. The minimum atomic E-state index is -3.45. The van der Waals surface area contributed by atoms with Crippen molar-refractivity contribution in [3.8, 4) is 0 Å². The predicted octanol–water partition coefficient (Wildman–Crippen LogP) is 3.14. The molecule has 0 spiro atoms. The van der Waals surface area contributed by atoms with E-state index in [-0.39, 0.29) is 17.6 Å². The van der Waals surface area contributed by atoms with Crippen LogP contribution in [0.15, 0.2) is 18.2 Å². The molecule has 1 amide bonds. The lowest BCUT2D eigenvalue weighted by Crippen LogP contribution is -2.43. The number of amides is 1. The summed E-state index contributed by atoms with van der Waals surface area (Å²) in [5.41, 5.74) is 0.609. The highest BCUT2D eigenvalue weighted by molar-refractivity contribution is 7.88. The van der Waals surface area contributed by atoms with Crippen LogP contribution < -0.4 is 5.32 Å². The minimum Gasteiger partial charge on any atom is -0.356 e. The summed E-state index contributed by atoms with van der Waals surface area (Å²) in [5.74, 6) is -0.178. The molecule has 162 valence electrons. The number of piperidine rings is 1. The van der Waals surface area contributed by atoms with Crippen LogP contribution in [0.2, 0.25) is 10.0 Å². The Morgan fingerprint density at radius 3 is 2.41 bits per heavy atom. The Hall–Kier alpha value is -0.860. The highest BCUT2D eigenvalue weighted by Gasteiger charge is 2.31. The van der Waals surface area contributed by atoms with Gasteiger partial charge in [-0.3, -0.25) is 4.79 Å². The molecule has 0 atom stereocenters. The fourth-order valence-electron chi connectivity index (χ4n) is 3.99. The Kier molecular flexibility index (Phi) is 8.22. The molecule has 0 unspecified atom stereocenters. The van der Waals surface area contributed by atoms with Gasteiger partial charge in [-0.1, -0.05) is 29.3 Å². The van der Waals surface area contributed by atoms with Gasteiger partial charge in [0.25, 0.3) is 0 Å². The van der Waals surface area contributed by atoms with E-state index in [9.17, 15) is 13.2 Å². The van der Waals surface area contributed by atoms with Crippen molar-refractivity contribution in [1.29, 1.82) is 0 Å². The summed E-state index contributed by atoms with van der Waals surface area (Å²) < 4.78 is 26.9. The van der Waals surface area contributed by atoms with Crippen molar-refractivity contribution in [2.24, 2.45) is 5.92 Å². The fraction of sp³-hybridized carbons (Fsp3) is 0.650. The van der Waals surface area contributed by atoms with Gasteiger partial charge in [0.15, 0.2) is 0 Å². The SMILES string of the molecule is O=C(NCCCN1CCCC1)C1CCN(S(=O)(=O)Cc2ccc(Cl)c(Cl)c2)CC1. The van der Waals surface area contributed by atoms with E-state index in [4.69, 9.17) is 23.2 Å². The van der Waals surface area contributed by atoms with Crippen LogP contribution in [-0.2, 0) is 20.6 Å². The van der Waals surface area contributed by atoms with Gasteiger partial charge in [0.05, 0.1) is 15.8 Å². The molecular formula is C20H29Cl2N3O3S. The smallest absolute Gasteiger partial charge is 0.223 e. The number of hydrogen-bond acceptors (Lipinski definition) is 4. The molecule has 1 aromatic rings. The Labute approximate surface area is 183 Å². The summed E-state index contributed by atoms with van der Waals surface area (Å²) in [4.78, 5) is 14.8. The molecule has 3 rings (SSSR count). The summed E-state index contributed by atoms with van der Waals surface area (Å²) in [7, 11) is -3.45. The van der Waals surface area contributed by atoms with Crippen molar-refractivity contribution in [1.82, 2.24) is 14.5 Å². The van der Waals surface area contributed by atoms with E-state index in [0.717, 1.165) is 13.0 Å². The van der Waals surface area contributed by atoms with E-state index < -0.39 is 10.0 Å². The molecule has 2 aliphatic rings. The molecule has 0 aliphatic carbocycles. The van der Waals surface area contributed by atoms with Gasteiger partial charge in [-0.15, -0.1) is 0 Å². The Balaban J connectivity index is 1.41. The van der Waals surface area contributed by atoms with Gasteiger partial charge in [-0.05, 0) is 69.4 Å². The number of nitrogens with zero attached hydrogens (tertiary/aromatic N) is 2. The highest BCUT2D eigenvalue weighted by atomic mass is 35.5. The zero-order valence-corrected chi connectivity index (χ0v) is 18.9. The average Bonchev–Trinajstić information content (AvgIpc) is 3.21. The maximum atomic E-state index is 12.7. The molecular weight excluding hydrogens is 433 g/mol. The summed E-state index contributed by atoms with van der Waals surface area (Å²) in [6.07, 6.45) is 4.62. The van der Waals surface area contributed by atoms with Gasteiger partial charge in [0, 0.05) is 25.6 Å². The standard InChI is InChI=1S/C20H29Cl2N3O3S/c21-18-5-4-16(14-19(18)22)15-29(27,28)25-12-6-17(7-13-25)20(26)23-8-3-11-24-9-1-2-10-24/h4-5,14,17H,1-3,6-13,15H2,(H,23,26). The molecule has 0 aromatic heterocycles. The molecule has 2 heterocycles. The lowest BCUT2D eigenvalue weighted by atomic mass is 9.97. The van der Waals surface area contributed by atoms with Crippen LogP contribution in [0.1, 0.15) is 37.7 Å². The van der Waals surface area contributed by atoms with Gasteiger partial charge >= 0.3 is 0 Å². The number of sulfonamides is 1. The second-order valence-corrected chi connectivity index (χ2v) is 10.7. The number of likely N-dealkylation sites (tertiary alicyclic amines) is 1. The van der Waals surface area contributed by atoms with E-state index in [1.807, 2.05) is 0 Å². The Morgan fingerprint density at radius 2 is 1.76 bits per heavy atom. The first kappa shape index (κ1) is 22.8. The molecule has 0 bridgehead atoms. The van der Waals surface area contributed by atoms with E-state index in [0.29, 0.717) is 48.1 Å². The molecule has 2 saturated heterocycles. The summed E-state index contributed by atoms with van der Waals surface area (Å²) in [5, 5.41) is 3.77. The second-order valence-electron chi connectivity index (χ2n) is 7.87. The van der Waals surface area contributed by atoms with E-state index >= 15 is 0 Å². The van der Waals surface area contributed by atoms with E-state index in [1.165, 1.54) is 30.2 Å². The number of benzene rings is 1. The molecule has 29 heavy (non-hydrogen) atoms. The summed E-state index contributed by atoms with van der Waals surface area (Å²) >= 11 is 11.9. The Bertz CT molecular complexity index is 805. The topological polar surface area (TPSA) is 69.7 Å². The van der Waals surface area contributed by atoms with Gasteiger partial charge in [-0.2, -0.15) is 0 Å². The molecule has 1 N–H and O–H groups in total. The van der Waals surface area contributed by atoms with E-state index in [1.54, 1.807) is 18.2 Å². The van der Waals surface area contributed by atoms with Crippen molar-refractivity contribution < 1.29 is 13.2 Å².